The van der Waals surface area contributed by atoms with Gasteiger partial charge in [0.25, 0.3) is 0 Å². The molecule has 1 saturated heterocycles. The molecule has 0 aliphatic carbocycles. The van der Waals surface area contributed by atoms with Gasteiger partial charge in [0.15, 0.2) is 0 Å². The Kier molecular flexibility index (Phi) is 5.38. The molecule has 126 valence electrons. The minimum atomic E-state index is -0.447. The molecule has 6 heteroatoms. The first-order chi connectivity index (χ1) is 11.8. The summed E-state index contributed by atoms with van der Waals surface area (Å²) in [5.41, 5.74) is 1.52. The first kappa shape index (κ1) is 16.4. The number of aromatic nitrogens is 2. The quantitative estimate of drug-likeness (QED) is 0.851. The van der Waals surface area contributed by atoms with E-state index in [1.807, 2.05) is 18.2 Å². The predicted octanol–water partition coefficient (Wildman–Crippen LogP) is 2.84. The van der Waals surface area contributed by atoms with E-state index in [1.165, 1.54) is 25.2 Å². The van der Waals surface area contributed by atoms with E-state index in [-0.39, 0.29) is 6.10 Å². The van der Waals surface area contributed by atoms with Gasteiger partial charge < -0.3 is 14.8 Å². The zero-order valence-corrected chi connectivity index (χ0v) is 13.6. The molecule has 2 heterocycles. The van der Waals surface area contributed by atoms with Gasteiger partial charge in [0.1, 0.15) is 17.7 Å². The monoisotopic (exact) mass is 327 g/mol. The number of anilines is 1. The Morgan fingerprint density at radius 1 is 1.38 bits per heavy atom. The van der Waals surface area contributed by atoms with Gasteiger partial charge in [-0.3, -0.25) is 0 Å². The number of nitrogens with one attached hydrogen (secondary N) is 1. The number of carbonyl (C=O) groups excluding carboxylic acids is 1. The van der Waals surface area contributed by atoms with Crippen LogP contribution in [-0.2, 0) is 9.47 Å². The van der Waals surface area contributed by atoms with E-state index in [9.17, 15) is 4.79 Å². The summed E-state index contributed by atoms with van der Waals surface area (Å²) in [5.74, 6) is 0.355. The second-order valence-corrected chi connectivity index (χ2v) is 5.76. The van der Waals surface area contributed by atoms with Gasteiger partial charge in [-0.2, -0.15) is 0 Å². The predicted molar refractivity (Wildman–Crippen MR) is 89.7 cm³/mol. The van der Waals surface area contributed by atoms with Crippen LogP contribution in [-0.4, -0.2) is 36.2 Å². The Bertz CT molecular complexity index is 678. The molecule has 1 aromatic carbocycles. The van der Waals surface area contributed by atoms with Crippen LogP contribution in [0.5, 0.6) is 0 Å². The van der Waals surface area contributed by atoms with Crippen molar-refractivity contribution in [1.82, 2.24) is 9.97 Å². The average Bonchev–Trinajstić information content (AvgIpc) is 2.67. The highest BCUT2D eigenvalue weighted by molar-refractivity contribution is 5.94. The van der Waals surface area contributed by atoms with Crippen molar-refractivity contribution in [1.29, 1.82) is 0 Å². The molecular formula is C18H21N3O3. The Morgan fingerprint density at radius 3 is 3.00 bits per heavy atom. The van der Waals surface area contributed by atoms with Crippen LogP contribution >= 0.6 is 0 Å². The van der Waals surface area contributed by atoms with Crippen LogP contribution in [0.3, 0.4) is 0 Å². The summed E-state index contributed by atoms with van der Waals surface area (Å²) in [6.45, 7) is 1.44. The number of hydrogen-bond donors (Lipinski definition) is 1. The smallest absolute Gasteiger partial charge is 0.343 e. The third-order valence-electron chi connectivity index (χ3n) is 4.22. The van der Waals surface area contributed by atoms with Crippen molar-refractivity contribution in [3.63, 3.8) is 0 Å². The second kappa shape index (κ2) is 7.88. The molecule has 2 aromatic rings. The number of hydrogen-bond acceptors (Lipinski definition) is 6. The van der Waals surface area contributed by atoms with Crippen LogP contribution in [0.25, 0.3) is 0 Å². The highest BCUT2D eigenvalue weighted by Crippen LogP contribution is 2.33. The van der Waals surface area contributed by atoms with E-state index in [0.29, 0.717) is 23.8 Å². The molecule has 0 saturated carbocycles. The normalized spacial score (nSPS) is 20.4. The lowest BCUT2D eigenvalue weighted by Gasteiger charge is -2.32. The van der Waals surface area contributed by atoms with Crippen molar-refractivity contribution in [3.05, 3.63) is 54.0 Å². The van der Waals surface area contributed by atoms with Crippen LogP contribution < -0.4 is 5.32 Å². The summed E-state index contributed by atoms with van der Waals surface area (Å²) in [7, 11) is 1.35. The molecule has 6 nitrogen and oxygen atoms in total. The standard InChI is InChI=1S/C18H21N3O3/c1-23-18(22)15-11-19-12-21-17(15)20-10-14-8-5-9-24-16(14)13-6-3-2-4-7-13/h2-4,6-7,11-12,14,16H,5,8-10H2,1H3,(H,19,20,21)/t14-,16+/m0/s1. The van der Waals surface area contributed by atoms with E-state index in [0.717, 1.165) is 19.4 Å². The number of ether oxygens (including phenoxy) is 2. The van der Waals surface area contributed by atoms with Crippen LogP contribution in [0.1, 0.15) is 34.9 Å². The molecule has 0 unspecified atom stereocenters. The maximum Gasteiger partial charge on any atom is 0.343 e. The van der Waals surface area contributed by atoms with Gasteiger partial charge >= 0.3 is 5.97 Å². The van der Waals surface area contributed by atoms with Gasteiger partial charge in [-0.15, -0.1) is 0 Å². The maximum atomic E-state index is 11.8. The molecule has 0 amide bonds. The Balaban J connectivity index is 1.72. The highest BCUT2D eigenvalue weighted by atomic mass is 16.5. The summed E-state index contributed by atoms with van der Waals surface area (Å²) >= 11 is 0. The lowest BCUT2D eigenvalue weighted by molar-refractivity contribution is -0.0238. The fraction of sp³-hybridized carbons (Fsp3) is 0.389. The van der Waals surface area contributed by atoms with Crippen molar-refractivity contribution in [3.8, 4) is 0 Å². The van der Waals surface area contributed by atoms with E-state index < -0.39 is 5.97 Å². The lowest BCUT2D eigenvalue weighted by atomic mass is 9.89. The van der Waals surface area contributed by atoms with E-state index in [2.05, 4.69) is 27.4 Å². The topological polar surface area (TPSA) is 73.3 Å². The second-order valence-electron chi connectivity index (χ2n) is 5.76. The minimum absolute atomic E-state index is 0.0517. The largest absolute Gasteiger partial charge is 0.465 e. The molecule has 1 N–H and O–H groups in total. The van der Waals surface area contributed by atoms with Gasteiger partial charge in [0.2, 0.25) is 0 Å². The number of methoxy groups -OCH3 is 1. The van der Waals surface area contributed by atoms with Crippen molar-refractivity contribution < 1.29 is 14.3 Å². The fourth-order valence-electron chi connectivity index (χ4n) is 3.02. The van der Waals surface area contributed by atoms with Gasteiger partial charge in [-0.1, -0.05) is 30.3 Å². The van der Waals surface area contributed by atoms with E-state index in [4.69, 9.17) is 9.47 Å². The maximum absolute atomic E-state index is 11.8. The number of esters is 1. The third-order valence-corrected chi connectivity index (χ3v) is 4.22. The molecule has 1 aliphatic heterocycles. The Labute approximate surface area is 141 Å². The number of carbonyl (C=O) groups is 1. The molecule has 0 bridgehead atoms. The summed E-state index contributed by atoms with van der Waals surface area (Å²) in [6, 6.07) is 10.2. The number of nitrogens with zero attached hydrogens (tertiary/aromatic N) is 2. The average molecular weight is 327 g/mol. The molecule has 0 spiro atoms. The summed E-state index contributed by atoms with van der Waals surface area (Å²) in [4.78, 5) is 19.9. The van der Waals surface area contributed by atoms with Crippen molar-refractivity contribution in [2.75, 3.05) is 25.6 Å². The van der Waals surface area contributed by atoms with Crippen molar-refractivity contribution in [2.45, 2.75) is 18.9 Å². The summed E-state index contributed by atoms with van der Waals surface area (Å²) in [5, 5.41) is 3.27. The zero-order chi connectivity index (χ0) is 16.8. The number of rotatable bonds is 5. The van der Waals surface area contributed by atoms with Crippen LogP contribution in [0.2, 0.25) is 0 Å². The first-order valence-corrected chi connectivity index (χ1v) is 8.08. The Morgan fingerprint density at radius 2 is 2.21 bits per heavy atom. The molecule has 2 atom stereocenters. The fourth-order valence-corrected chi connectivity index (χ4v) is 3.02. The molecule has 0 radical (unpaired) electrons. The van der Waals surface area contributed by atoms with Crippen LogP contribution in [0.4, 0.5) is 5.82 Å². The zero-order valence-electron chi connectivity index (χ0n) is 13.6. The van der Waals surface area contributed by atoms with Crippen LogP contribution in [0.15, 0.2) is 42.9 Å². The SMILES string of the molecule is COC(=O)c1cncnc1NC[C@@H]1CCCO[C@@H]1c1ccccc1. The van der Waals surface area contributed by atoms with Gasteiger partial charge in [-0.05, 0) is 18.4 Å². The van der Waals surface area contributed by atoms with Crippen molar-refractivity contribution in [2.24, 2.45) is 5.92 Å². The number of benzene rings is 1. The molecule has 24 heavy (non-hydrogen) atoms. The minimum Gasteiger partial charge on any atom is -0.465 e. The van der Waals surface area contributed by atoms with E-state index in [1.54, 1.807) is 0 Å². The van der Waals surface area contributed by atoms with E-state index >= 15 is 0 Å². The summed E-state index contributed by atoms with van der Waals surface area (Å²) < 4.78 is 10.8. The van der Waals surface area contributed by atoms with Crippen molar-refractivity contribution >= 4 is 11.8 Å². The molecule has 1 fully saturated rings. The third kappa shape index (κ3) is 3.71. The first-order valence-electron chi connectivity index (χ1n) is 8.08. The molecule has 1 aromatic heterocycles. The Hall–Kier alpha value is -2.47. The molecule has 1 aliphatic rings. The lowest BCUT2D eigenvalue weighted by Crippen LogP contribution is -2.29. The van der Waals surface area contributed by atoms with Crippen LogP contribution in [0, 0.1) is 5.92 Å². The van der Waals surface area contributed by atoms with Gasteiger partial charge in [0, 0.05) is 25.3 Å². The highest BCUT2D eigenvalue weighted by Gasteiger charge is 2.27. The molecule has 3 rings (SSSR count). The summed E-state index contributed by atoms with van der Waals surface area (Å²) in [6.07, 6.45) is 5.03. The van der Waals surface area contributed by atoms with Gasteiger partial charge in [0.05, 0.1) is 13.2 Å². The molecular weight excluding hydrogens is 306 g/mol. The van der Waals surface area contributed by atoms with Gasteiger partial charge in [-0.25, -0.2) is 14.8 Å².